The molecule has 1 rings (SSSR count). The van der Waals surface area contributed by atoms with Crippen molar-refractivity contribution in [1.82, 2.24) is 0 Å². The highest BCUT2D eigenvalue weighted by molar-refractivity contribution is 5.26. The number of aliphatic hydroxyl groups is 1. The average molecular weight is 269 g/mol. The van der Waals surface area contributed by atoms with E-state index in [0.29, 0.717) is 19.6 Å². The maximum atomic E-state index is 13.0. The molecule has 0 aliphatic heterocycles. The fourth-order valence-corrected chi connectivity index (χ4v) is 1.96. The zero-order valence-electron chi connectivity index (χ0n) is 11.9. The minimum Gasteiger partial charge on any atom is -0.395 e. The van der Waals surface area contributed by atoms with Crippen LogP contribution in [0.25, 0.3) is 0 Å². The molecule has 1 unspecified atom stereocenters. The van der Waals surface area contributed by atoms with Crippen LogP contribution in [0.3, 0.4) is 0 Å². The van der Waals surface area contributed by atoms with Gasteiger partial charge in [0.25, 0.3) is 0 Å². The summed E-state index contributed by atoms with van der Waals surface area (Å²) in [5.74, 6) is -0.293. The van der Waals surface area contributed by atoms with Crippen LogP contribution in [0, 0.1) is 5.82 Å². The van der Waals surface area contributed by atoms with Crippen LogP contribution < -0.4 is 5.73 Å². The number of nitrogens with two attached hydrogens (primary N) is 1. The standard InChI is InChI=1S/C15H24FNO2/c1-14(2,3)19-9-8-15(10-17,11-18)12-4-6-13(16)7-5-12/h4-7,18H,8-11,17H2,1-3H3. The minimum atomic E-state index is -0.570. The molecule has 1 aromatic rings. The Morgan fingerprint density at radius 3 is 2.21 bits per heavy atom. The van der Waals surface area contributed by atoms with Crippen molar-refractivity contribution in [3.8, 4) is 0 Å². The van der Waals surface area contributed by atoms with Gasteiger partial charge in [-0.2, -0.15) is 0 Å². The van der Waals surface area contributed by atoms with Crippen molar-refractivity contribution in [1.29, 1.82) is 0 Å². The van der Waals surface area contributed by atoms with Gasteiger partial charge in [-0.15, -0.1) is 0 Å². The highest BCUT2D eigenvalue weighted by Gasteiger charge is 2.30. The Labute approximate surface area is 114 Å². The molecule has 0 saturated heterocycles. The molecule has 0 aromatic heterocycles. The van der Waals surface area contributed by atoms with Gasteiger partial charge in [-0.05, 0) is 44.9 Å². The first kappa shape index (κ1) is 16.1. The zero-order valence-corrected chi connectivity index (χ0v) is 11.9. The normalized spacial score (nSPS) is 15.3. The quantitative estimate of drug-likeness (QED) is 0.832. The maximum absolute atomic E-state index is 13.0. The molecular formula is C15H24FNO2. The molecule has 1 aromatic carbocycles. The largest absolute Gasteiger partial charge is 0.395 e. The molecule has 0 bridgehead atoms. The molecule has 19 heavy (non-hydrogen) atoms. The number of hydrogen-bond acceptors (Lipinski definition) is 3. The van der Waals surface area contributed by atoms with E-state index in [1.54, 1.807) is 12.1 Å². The molecule has 0 saturated carbocycles. The van der Waals surface area contributed by atoms with Crippen molar-refractivity contribution < 1.29 is 14.2 Å². The summed E-state index contributed by atoms with van der Waals surface area (Å²) in [6.45, 7) is 6.65. The van der Waals surface area contributed by atoms with Crippen LogP contribution in [0.2, 0.25) is 0 Å². The van der Waals surface area contributed by atoms with Crippen LogP contribution in [0.15, 0.2) is 24.3 Å². The number of aliphatic hydroxyl groups excluding tert-OH is 1. The van der Waals surface area contributed by atoms with Crippen molar-refractivity contribution in [2.24, 2.45) is 5.73 Å². The molecular weight excluding hydrogens is 245 g/mol. The Hall–Kier alpha value is -0.970. The predicted molar refractivity (Wildman–Crippen MR) is 74.5 cm³/mol. The second kappa shape index (κ2) is 6.46. The van der Waals surface area contributed by atoms with E-state index in [1.807, 2.05) is 20.8 Å². The fourth-order valence-electron chi connectivity index (χ4n) is 1.96. The third-order valence-electron chi connectivity index (χ3n) is 3.27. The molecule has 0 amide bonds. The molecule has 4 heteroatoms. The Kier molecular flexibility index (Phi) is 5.47. The van der Waals surface area contributed by atoms with Crippen molar-refractivity contribution in [2.45, 2.75) is 38.2 Å². The Morgan fingerprint density at radius 1 is 1.21 bits per heavy atom. The summed E-state index contributed by atoms with van der Waals surface area (Å²) < 4.78 is 18.7. The van der Waals surface area contributed by atoms with Crippen LogP contribution in [-0.2, 0) is 10.2 Å². The highest BCUT2D eigenvalue weighted by Crippen LogP contribution is 2.27. The monoisotopic (exact) mass is 269 g/mol. The average Bonchev–Trinajstić information content (AvgIpc) is 2.35. The summed E-state index contributed by atoms with van der Waals surface area (Å²) in [5, 5.41) is 9.70. The topological polar surface area (TPSA) is 55.5 Å². The van der Waals surface area contributed by atoms with Crippen LogP contribution in [-0.4, -0.2) is 30.5 Å². The first-order valence-electron chi connectivity index (χ1n) is 6.54. The van der Waals surface area contributed by atoms with Crippen molar-refractivity contribution in [3.63, 3.8) is 0 Å². The van der Waals surface area contributed by atoms with Gasteiger partial charge >= 0.3 is 0 Å². The molecule has 3 N–H and O–H groups in total. The molecule has 0 spiro atoms. The van der Waals surface area contributed by atoms with Gasteiger partial charge in [-0.1, -0.05) is 12.1 Å². The van der Waals surface area contributed by atoms with Crippen molar-refractivity contribution in [2.75, 3.05) is 19.8 Å². The fraction of sp³-hybridized carbons (Fsp3) is 0.600. The number of rotatable bonds is 6. The maximum Gasteiger partial charge on any atom is 0.123 e. The number of hydrogen-bond donors (Lipinski definition) is 2. The summed E-state index contributed by atoms with van der Waals surface area (Å²) in [4.78, 5) is 0. The minimum absolute atomic E-state index is 0.0807. The first-order chi connectivity index (χ1) is 8.83. The molecule has 1 atom stereocenters. The third-order valence-corrected chi connectivity index (χ3v) is 3.27. The molecule has 0 fully saturated rings. The van der Waals surface area contributed by atoms with E-state index in [-0.39, 0.29) is 18.0 Å². The van der Waals surface area contributed by atoms with Crippen LogP contribution >= 0.6 is 0 Å². The Morgan fingerprint density at radius 2 is 1.79 bits per heavy atom. The number of ether oxygens (including phenoxy) is 1. The van der Waals surface area contributed by atoms with Crippen LogP contribution in [0.5, 0.6) is 0 Å². The van der Waals surface area contributed by atoms with Crippen molar-refractivity contribution in [3.05, 3.63) is 35.6 Å². The Balaban J connectivity index is 2.82. The van der Waals surface area contributed by atoms with E-state index in [0.717, 1.165) is 5.56 Å². The van der Waals surface area contributed by atoms with E-state index < -0.39 is 5.41 Å². The lowest BCUT2D eigenvalue weighted by Gasteiger charge is -2.32. The molecule has 0 heterocycles. The molecule has 0 aliphatic carbocycles. The van der Waals surface area contributed by atoms with E-state index in [4.69, 9.17) is 10.5 Å². The smallest absolute Gasteiger partial charge is 0.123 e. The molecule has 3 nitrogen and oxygen atoms in total. The molecule has 108 valence electrons. The van der Waals surface area contributed by atoms with Gasteiger partial charge in [-0.3, -0.25) is 0 Å². The van der Waals surface area contributed by atoms with Gasteiger partial charge in [-0.25, -0.2) is 4.39 Å². The number of benzene rings is 1. The molecule has 0 radical (unpaired) electrons. The first-order valence-corrected chi connectivity index (χ1v) is 6.54. The SMILES string of the molecule is CC(C)(C)OCCC(CN)(CO)c1ccc(F)cc1. The lowest BCUT2D eigenvalue weighted by atomic mass is 9.78. The summed E-state index contributed by atoms with van der Waals surface area (Å²) >= 11 is 0. The van der Waals surface area contributed by atoms with E-state index in [2.05, 4.69) is 0 Å². The van der Waals surface area contributed by atoms with Gasteiger partial charge in [0.15, 0.2) is 0 Å². The second-order valence-corrected chi connectivity index (χ2v) is 5.86. The van der Waals surface area contributed by atoms with E-state index in [9.17, 15) is 9.50 Å². The molecule has 0 aliphatic rings. The Bertz CT molecular complexity index is 380. The van der Waals surface area contributed by atoms with Gasteiger partial charge in [0.2, 0.25) is 0 Å². The third kappa shape index (κ3) is 4.56. The van der Waals surface area contributed by atoms with Gasteiger partial charge in [0, 0.05) is 18.6 Å². The van der Waals surface area contributed by atoms with Gasteiger partial charge < -0.3 is 15.6 Å². The summed E-state index contributed by atoms with van der Waals surface area (Å²) in [5.41, 5.74) is 5.88. The van der Waals surface area contributed by atoms with Crippen LogP contribution in [0.1, 0.15) is 32.8 Å². The van der Waals surface area contributed by atoms with Gasteiger partial charge in [0.1, 0.15) is 5.82 Å². The zero-order chi connectivity index (χ0) is 14.5. The second-order valence-electron chi connectivity index (χ2n) is 5.86. The van der Waals surface area contributed by atoms with Crippen LogP contribution in [0.4, 0.5) is 4.39 Å². The highest BCUT2D eigenvalue weighted by atomic mass is 19.1. The van der Waals surface area contributed by atoms with E-state index in [1.165, 1.54) is 12.1 Å². The summed E-state index contributed by atoms with van der Waals surface area (Å²) in [6, 6.07) is 6.13. The predicted octanol–water partition coefficient (Wildman–Crippen LogP) is 2.22. The number of halogens is 1. The van der Waals surface area contributed by atoms with Gasteiger partial charge in [0.05, 0.1) is 12.2 Å². The lowest BCUT2D eigenvalue weighted by Crippen LogP contribution is -2.40. The van der Waals surface area contributed by atoms with E-state index >= 15 is 0 Å². The lowest BCUT2D eigenvalue weighted by molar-refractivity contribution is -0.0153. The summed E-state index contributed by atoms with van der Waals surface area (Å²) in [7, 11) is 0. The summed E-state index contributed by atoms with van der Waals surface area (Å²) in [6.07, 6.45) is 0.600. The van der Waals surface area contributed by atoms with Crippen molar-refractivity contribution >= 4 is 0 Å².